The van der Waals surface area contributed by atoms with E-state index in [1.165, 1.54) is 6.92 Å². The minimum absolute atomic E-state index is 0.00497. The van der Waals surface area contributed by atoms with Crippen molar-refractivity contribution in [1.82, 2.24) is 10.6 Å². The number of hydrogen-bond donors (Lipinski definition) is 2. The van der Waals surface area contributed by atoms with Crippen molar-refractivity contribution in [3.8, 4) is 0 Å². The maximum atomic E-state index is 11.3. The number of hydrogen-bond acceptors (Lipinski definition) is 4. The highest BCUT2D eigenvalue weighted by Gasteiger charge is 2.06. The molecule has 16 heavy (non-hydrogen) atoms. The Morgan fingerprint density at radius 3 is 2.56 bits per heavy atom. The van der Waals surface area contributed by atoms with E-state index in [4.69, 9.17) is 4.74 Å². The molecular formula is C11H22N2O3. The summed E-state index contributed by atoms with van der Waals surface area (Å²) in [5.41, 5.74) is 0. The molecule has 0 rings (SSSR count). The lowest BCUT2D eigenvalue weighted by atomic mass is 10.2. The first kappa shape index (κ1) is 15.1. The molecule has 0 saturated carbocycles. The van der Waals surface area contributed by atoms with Crippen LogP contribution >= 0.6 is 0 Å². The smallest absolute Gasteiger partial charge is 0.220 e. The third-order valence-corrected chi connectivity index (χ3v) is 2.05. The molecule has 0 aromatic carbocycles. The highest BCUT2D eigenvalue weighted by Crippen LogP contribution is 1.92. The van der Waals surface area contributed by atoms with Crippen molar-refractivity contribution in [2.75, 3.05) is 26.7 Å². The second-order valence-corrected chi connectivity index (χ2v) is 3.79. The highest BCUT2D eigenvalue weighted by molar-refractivity contribution is 5.83. The van der Waals surface area contributed by atoms with Crippen molar-refractivity contribution < 1.29 is 14.3 Å². The maximum Gasteiger partial charge on any atom is 0.220 e. The van der Waals surface area contributed by atoms with Gasteiger partial charge in [-0.15, -0.1) is 0 Å². The molecule has 1 unspecified atom stereocenters. The first-order valence-electron chi connectivity index (χ1n) is 5.58. The minimum atomic E-state index is -0.0979. The molecule has 0 aliphatic heterocycles. The van der Waals surface area contributed by atoms with Crippen LogP contribution in [-0.2, 0) is 14.3 Å². The van der Waals surface area contributed by atoms with Crippen LogP contribution in [-0.4, -0.2) is 44.5 Å². The number of carbonyl (C=O) groups excluding carboxylic acids is 2. The van der Waals surface area contributed by atoms with Crippen LogP contribution in [0.25, 0.3) is 0 Å². The van der Waals surface area contributed by atoms with Gasteiger partial charge >= 0.3 is 0 Å². The van der Waals surface area contributed by atoms with E-state index in [-0.39, 0.29) is 24.2 Å². The SMILES string of the molecule is CNCCOC(C)CNC(=O)CCC(C)=O. The quantitative estimate of drug-likeness (QED) is 0.551. The molecule has 5 heteroatoms. The number of amides is 1. The average Bonchev–Trinajstić information content (AvgIpc) is 2.24. The molecule has 0 aliphatic carbocycles. The van der Waals surface area contributed by atoms with E-state index in [2.05, 4.69) is 10.6 Å². The Bertz CT molecular complexity index is 219. The number of Topliss-reactive ketones (excluding diaryl/α,β-unsaturated/α-hetero) is 1. The standard InChI is InChI=1S/C11H22N2O3/c1-9(14)4-5-11(15)13-8-10(2)16-7-6-12-3/h10,12H,4-8H2,1-3H3,(H,13,15). The van der Waals surface area contributed by atoms with Gasteiger partial charge in [-0.3, -0.25) is 4.79 Å². The lowest BCUT2D eigenvalue weighted by Crippen LogP contribution is -2.33. The van der Waals surface area contributed by atoms with Gasteiger partial charge in [-0.05, 0) is 20.9 Å². The fourth-order valence-corrected chi connectivity index (χ4v) is 1.06. The molecule has 0 aromatic rings. The number of carbonyl (C=O) groups is 2. The lowest BCUT2D eigenvalue weighted by molar-refractivity contribution is -0.125. The number of nitrogens with one attached hydrogen (secondary N) is 2. The number of ether oxygens (including phenoxy) is 1. The van der Waals surface area contributed by atoms with Crippen LogP contribution in [0.2, 0.25) is 0 Å². The van der Waals surface area contributed by atoms with Gasteiger partial charge in [0.05, 0.1) is 12.7 Å². The normalized spacial score (nSPS) is 12.2. The van der Waals surface area contributed by atoms with E-state index >= 15 is 0 Å². The highest BCUT2D eigenvalue weighted by atomic mass is 16.5. The molecule has 1 amide bonds. The van der Waals surface area contributed by atoms with Gasteiger partial charge in [-0.2, -0.15) is 0 Å². The Labute approximate surface area is 96.9 Å². The van der Waals surface area contributed by atoms with Gasteiger partial charge in [0.2, 0.25) is 5.91 Å². The molecule has 0 aromatic heterocycles. The molecule has 94 valence electrons. The zero-order valence-corrected chi connectivity index (χ0v) is 10.3. The summed E-state index contributed by atoms with van der Waals surface area (Å²) in [7, 11) is 1.86. The molecular weight excluding hydrogens is 208 g/mol. The van der Waals surface area contributed by atoms with Crippen molar-refractivity contribution in [1.29, 1.82) is 0 Å². The summed E-state index contributed by atoms with van der Waals surface area (Å²) in [5.74, 6) is -0.0623. The third-order valence-electron chi connectivity index (χ3n) is 2.05. The summed E-state index contributed by atoms with van der Waals surface area (Å²) in [5, 5.41) is 5.70. The second-order valence-electron chi connectivity index (χ2n) is 3.79. The molecule has 0 saturated heterocycles. The monoisotopic (exact) mass is 230 g/mol. The second kappa shape index (κ2) is 9.30. The first-order valence-corrected chi connectivity index (χ1v) is 5.58. The molecule has 0 radical (unpaired) electrons. The minimum Gasteiger partial charge on any atom is -0.375 e. The molecule has 5 nitrogen and oxygen atoms in total. The summed E-state index contributed by atoms with van der Waals surface area (Å²) >= 11 is 0. The largest absolute Gasteiger partial charge is 0.375 e. The van der Waals surface area contributed by atoms with Crippen LogP contribution in [0.1, 0.15) is 26.7 Å². The van der Waals surface area contributed by atoms with E-state index in [0.29, 0.717) is 19.6 Å². The van der Waals surface area contributed by atoms with Crippen LogP contribution in [0.3, 0.4) is 0 Å². The molecule has 0 heterocycles. The topological polar surface area (TPSA) is 67.4 Å². The molecule has 0 bridgehead atoms. The van der Waals surface area contributed by atoms with Gasteiger partial charge in [0.25, 0.3) is 0 Å². The van der Waals surface area contributed by atoms with Crippen LogP contribution < -0.4 is 10.6 Å². The van der Waals surface area contributed by atoms with Gasteiger partial charge in [-0.25, -0.2) is 0 Å². The predicted molar refractivity (Wildman–Crippen MR) is 62.3 cm³/mol. The predicted octanol–water partition coefficient (Wildman–Crippen LogP) is 0.0963. The maximum absolute atomic E-state index is 11.3. The van der Waals surface area contributed by atoms with E-state index in [0.717, 1.165) is 6.54 Å². The number of rotatable bonds is 9. The lowest BCUT2D eigenvalue weighted by Gasteiger charge is -2.13. The summed E-state index contributed by atoms with van der Waals surface area (Å²) in [6.07, 6.45) is 0.564. The van der Waals surface area contributed by atoms with Crippen molar-refractivity contribution in [3.05, 3.63) is 0 Å². The van der Waals surface area contributed by atoms with Crippen molar-refractivity contribution >= 4 is 11.7 Å². The molecule has 0 aliphatic rings. The summed E-state index contributed by atoms with van der Waals surface area (Å²) in [4.78, 5) is 21.9. The molecule has 1 atom stereocenters. The van der Waals surface area contributed by atoms with Gasteiger partial charge in [0.1, 0.15) is 5.78 Å². The van der Waals surface area contributed by atoms with E-state index in [9.17, 15) is 9.59 Å². The summed E-state index contributed by atoms with van der Waals surface area (Å²) < 4.78 is 5.41. The molecule has 0 fully saturated rings. The average molecular weight is 230 g/mol. The Kier molecular flexibility index (Phi) is 8.75. The molecule has 2 N–H and O–H groups in total. The third kappa shape index (κ3) is 9.61. The van der Waals surface area contributed by atoms with Crippen LogP contribution in [0.4, 0.5) is 0 Å². The zero-order valence-electron chi connectivity index (χ0n) is 10.3. The Hall–Kier alpha value is -0.940. The van der Waals surface area contributed by atoms with Crippen LogP contribution in [0, 0.1) is 0 Å². The van der Waals surface area contributed by atoms with E-state index in [1.54, 1.807) is 0 Å². The van der Waals surface area contributed by atoms with E-state index < -0.39 is 0 Å². The molecule has 0 spiro atoms. The van der Waals surface area contributed by atoms with Crippen molar-refractivity contribution in [3.63, 3.8) is 0 Å². The summed E-state index contributed by atoms with van der Waals surface area (Å²) in [6.45, 7) is 5.29. The van der Waals surface area contributed by atoms with Crippen molar-refractivity contribution in [2.45, 2.75) is 32.8 Å². The number of likely N-dealkylation sites (N-methyl/N-ethyl adjacent to an activating group) is 1. The number of ketones is 1. The van der Waals surface area contributed by atoms with Crippen LogP contribution in [0.5, 0.6) is 0 Å². The van der Waals surface area contributed by atoms with Gasteiger partial charge in [0.15, 0.2) is 0 Å². The Balaban J connectivity index is 3.47. The first-order chi connectivity index (χ1) is 7.56. The van der Waals surface area contributed by atoms with Gasteiger partial charge < -0.3 is 20.2 Å². The summed E-state index contributed by atoms with van der Waals surface area (Å²) in [6, 6.07) is 0. The van der Waals surface area contributed by atoms with E-state index in [1.807, 2.05) is 14.0 Å². The Morgan fingerprint density at radius 2 is 2.00 bits per heavy atom. The van der Waals surface area contributed by atoms with Crippen LogP contribution in [0.15, 0.2) is 0 Å². The fraction of sp³-hybridized carbons (Fsp3) is 0.818. The Morgan fingerprint density at radius 1 is 1.31 bits per heavy atom. The van der Waals surface area contributed by atoms with Crippen molar-refractivity contribution in [2.24, 2.45) is 0 Å². The van der Waals surface area contributed by atoms with Gasteiger partial charge in [-0.1, -0.05) is 0 Å². The fourth-order valence-electron chi connectivity index (χ4n) is 1.06. The zero-order chi connectivity index (χ0) is 12.4. The van der Waals surface area contributed by atoms with Gasteiger partial charge in [0, 0.05) is 25.9 Å².